The highest BCUT2D eigenvalue weighted by Crippen LogP contribution is 2.29. The van der Waals surface area contributed by atoms with Gasteiger partial charge in [0.1, 0.15) is 5.01 Å². The summed E-state index contributed by atoms with van der Waals surface area (Å²) >= 11 is 1.39. The van der Waals surface area contributed by atoms with Crippen molar-refractivity contribution in [2.45, 2.75) is 20.3 Å². The molecule has 2 aliphatic heterocycles. The van der Waals surface area contributed by atoms with Crippen LogP contribution in [0.2, 0.25) is 0 Å². The Morgan fingerprint density at radius 2 is 1.85 bits per heavy atom. The number of rotatable bonds is 3. The predicted molar refractivity (Wildman–Crippen MR) is 105 cm³/mol. The van der Waals surface area contributed by atoms with Crippen molar-refractivity contribution >= 4 is 34.0 Å². The minimum Gasteiger partial charge on any atom is -0.368 e. The van der Waals surface area contributed by atoms with Gasteiger partial charge in [0, 0.05) is 44.8 Å². The quantitative estimate of drug-likeness (QED) is 0.807. The molecule has 0 radical (unpaired) electrons. The van der Waals surface area contributed by atoms with Crippen LogP contribution in [0, 0.1) is 19.8 Å². The van der Waals surface area contributed by atoms with E-state index in [1.165, 1.54) is 22.6 Å². The smallest absolute Gasteiger partial charge is 0.229 e. The number of piperazine rings is 1. The summed E-state index contributed by atoms with van der Waals surface area (Å²) < 4.78 is 0. The van der Waals surface area contributed by atoms with Crippen molar-refractivity contribution in [3.05, 3.63) is 34.8 Å². The van der Waals surface area contributed by atoms with E-state index in [1.807, 2.05) is 24.0 Å². The number of hydrogen-bond acceptors (Lipinski definition) is 6. The fourth-order valence-corrected chi connectivity index (χ4v) is 4.51. The van der Waals surface area contributed by atoms with Crippen LogP contribution >= 0.6 is 11.3 Å². The van der Waals surface area contributed by atoms with Crippen molar-refractivity contribution < 1.29 is 9.59 Å². The molecular weight excluding hydrogens is 362 g/mol. The fraction of sp³-hybridized carbons (Fsp3) is 0.474. The number of hydrogen-bond donors (Lipinski definition) is 0. The molecule has 1 unspecified atom stereocenters. The number of carbonyl (C=O) groups excluding carboxylic acids is 2. The van der Waals surface area contributed by atoms with E-state index >= 15 is 0 Å². The monoisotopic (exact) mass is 385 g/mol. The molecule has 1 atom stereocenters. The van der Waals surface area contributed by atoms with Crippen LogP contribution < -0.4 is 9.80 Å². The van der Waals surface area contributed by atoms with Gasteiger partial charge in [-0.25, -0.2) is 0 Å². The standard InChI is InChI=1S/C19H23N5O2S/c1-13-5-3-4-6-16(13)22-7-9-23(10-8-22)18(26)15-11-17(25)24(12-15)19-21-20-14(2)27-19/h3-6,15H,7-12H2,1-2H3. The molecule has 0 N–H and O–H groups in total. The van der Waals surface area contributed by atoms with Gasteiger partial charge in [0.05, 0.1) is 5.92 Å². The first-order valence-electron chi connectivity index (χ1n) is 9.23. The summed E-state index contributed by atoms with van der Waals surface area (Å²) in [5, 5.41) is 9.44. The van der Waals surface area contributed by atoms with E-state index in [-0.39, 0.29) is 24.2 Å². The topological polar surface area (TPSA) is 69.6 Å². The van der Waals surface area contributed by atoms with Crippen LogP contribution in [0.25, 0.3) is 0 Å². The molecule has 142 valence electrons. The molecule has 3 heterocycles. The number of para-hydroxylation sites is 1. The molecule has 0 aliphatic carbocycles. The van der Waals surface area contributed by atoms with E-state index in [2.05, 4.69) is 34.2 Å². The van der Waals surface area contributed by atoms with Gasteiger partial charge in [-0.15, -0.1) is 10.2 Å². The van der Waals surface area contributed by atoms with E-state index < -0.39 is 0 Å². The third-order valence-corrected chi connectivity index (χ3v) is 6.13. The van der Waals surface area contributed by atoms with Gasteiger partial charge in [-0.05, 0) is 25.5 Å². The summed E-state index contributed by atoms with van der Waals surface area (Å²) in [6, 6.07) is 8.33. The molecule has 1 aromatic heterocycles. The number of amides is 2. The van der Waals surface area contributed by atoms with Crippen molar-refractivity contribution in [2.24, 2.45) is 5.92 Å². The lowest BCUT2D eigenvalue weighted by molar-refractivity contribution is -0.136. The zero-order valence-corrected chi connectivity index (χ0v) is 16.4. The number of aryl methyl sites for hydroxylation is 2. The lowest BCUT2D eigenvalue weighted by Crippen LogP contribution is -2.50. The molecule has 2 saturated heterocycles. The second-order valence-corrected chi connectivity index (χ2v) is 8.27. The minimum absolute atomic E-state index is 0.0388. The van der Waals surface area contributed by atoms with Crippen LogP contribution in [0.1, 0.15) is 17.0 Å². The normalized spacial score (nSPS) is 20.4. The number of carbonyl (C=O) groups is 2. The molecule has 2 fully saturated rings. The first kappa shape index (κ1) is 17.9. The molecule has 0 saturated carbocycles. The molecule has 4 rings (SSSR count). The number of benzene rings is 1. The molecule has 0 bridgehead atoms. The zero-order chi connectivity index (χ0) is 19.0. The lowest BCUT2D eigenvalue weighted by Gasteiger charge is -2.37. The highest BCUT2D eigenvalue weighted by atomic mass is 32.1. The summed E-state index contributed by atoms with van der Waals surface area (Å²) in [7, 11) is 0. The average molecular weight is 385 g/mol. The molecule has 2 amide bonds. The number of aromatic nitrogens is 2. The minimum atomic E-state index is -0.285. The maximum Gasteiger partial charge on any atom is 0.229 e. The molecule has 2 aromatic rings. The Kier molecular flexibility index (Phi) is 4.82. The first-order valence-corrected chi connectivity index (χ1v) is 10.0. The molecule has 27 heavy (non-hydrogen) atoms. The van der Waals surface area contributed by atoms with E-state index in [4.69, 9.17) is 0 Å². The summed E-state index contributed by atoms with van der Waals surface area (Å²) in [4.78, 5) is 31.1. The lowest BCUT2D eigenvalue weighted by atomic mass is 10.1. The Bertz CT molecular complexity index is 859. The maximum atomic E-state index is 12.9. The molecular formula is C19H23N5O2S. The largest absolute Gasteiger partial charge is 0.368 e. The summed E-state index contributed by atoms with van der Waals surface area (Å²) in [6.07, 6.45) is 0.259. The fourth-order valence-electron chi connectivity index (χ4n) is 3.80. The summed E-state index contributed by atoms with van der Waals surface area (Å²) in [5.74, 6) is -0.244. The first-order chi connectivity index (χ1) is 13.0. The Hall–Kier alpha value is -2.48. The van der Waals surface area contributed by atoms with Crippen molar-refractivity contribution in [3.8, 4) is 0 Å². The third kappa shape index (κ3) is 3.53. The van der Waals surface area contributed by atoms with Crippen LogP contribution in [0.3, 0.4) is 0 Å². The van der Waals surface area contributed by atoms with Gasteiger partial charge in [0.15, 0.2) is 0 Å². The number of anilines is 2. The highest BCUT2D eigenvalue weighted by molar-refractivity contribution is 7.15. The van der Waals surface area contributed by atoms with E-state index in [0.717, 1.165) is 18.1 Å². The van der Waals surface area contributed by atoms with Crippen molar-refractivity contribution in [3.63, 3.8) is 0 Å². The zero-order valence-electron chi connectivity index (χ0n) is 15.6. The van der Waals surface area contributed by atoms with E-state index in [0.29, 0.717) is 24.8 Å². The second kappa shape index (κ2) is 7.26. The highest BCUT2D eigenvalue weighted by Gasteiger charge is 2.39. The predicted octanol–water partition coefficient (Wildman–Crippen LogP) is 1.86. The Balaban J connectivity index is 1.37. The molecule has 2 aliphatic rings. The van der Waals surface area contributed by atoms with Gasteiger partial charge in [-0.2, -0.15) is 0 Å². The summed E-state index contributed by atoms with van der Waals surface area (Å²) in [6.45, 7) is 7.39. The van der Waals surface area contributed by atoms with Crippen LogP contribution in [-0.2, 0) is 9.59 Å². The molecule has 7 nitrogen and oxygen atoms in total. The van der Waals surface area contributed by atoms with Gasteiger partial charge in [0.25, 0.3) is 0 Å². The van der Waals surface area contributed by atoms with E-state index in [1.54, 1.807) is 4.90 Å². The van der Waals surface area contributed by atoms with Gasteiger partial charge in [0.2, 0.25) is 16.9 Å². The number of nitrogens with zero attached hydrogens (tertiary/aromatic N) is 5. The summed E-state index contributed by atoms with van der Waals surface area (Å²) in [5.41, 5.74) is 2.49. The van der Waals surface area contributed by atoms with Gasteiger partial charge >= 0.3 is 0 Å². The third-order valence-electron chi connectivity index (χ3n) is 5.27. The van der Waals surface area contributed by atoms with Crippen LogP contribution in [0.5, 0.6) is 0 Å². The van der Waals surface area contributed by atoms with Crippen LogP contribution in [0.15, 0.2) is 24.3 Å². The van der Waals surface area contributed by atoms with Crippen LogP contribution in [0.4, 0.5) is 10.8 Å². The maximum absolute atomic E-state index is 12.9. The Morgan fingerprint density at radius 1 is 1.11 bits per heavy atom. The van der Waals surface area contributed by atoms with Crippen molar-refractivity contribution in [1.82, 2.24) is 15.1 Å². The second-order valence-electron chi connectivity index (χ2n) is 7.11. The van der Waals surface area contributed by atoms with E-state index in [9.17, 15) is 9.59 Å². The van der Waals surface area contributed by atoms with Gasteiger partial charge in [-0.1, -0.05) is 29.5 Å². The van der Waals surface area contributed by atoms with Crippen molar-refractivity contribution in [1.29, 1.82) is 0 Å². The molecule has 1 aromatic carbocycles. The van der Waals surface area contributed by atoms with Gasteiger partial charge < -0.3 is 9.80 Å². The Morgan fingerprint density at radius 3 is 2.52 bits per heavy atom. The average Bonchev–Trinajstić information content (AvgIpc) is 3.27. The van der Waals surface area contributed by atoms with Crippen LogP contribution in [-0.4, -0.2) is 59.6 Å². The molecule has 0 spiro atoms. The Labute approximate surface area is 162 Å². The van der Waals surface area contributed by atoms with Gasteiger partial charge in [-0.3, -0.25) is 14.5 Å². The van der Waals surface area contributed by atoms with Crippen molar-refractivity contribution in [2.75, 3.05) is 42.5 Å². The SMILES string of the molecule is Cc1nnc(N2CC(C(=O)N3CCN(c4ccccc4C)CC3)CC2=O)s1. The molecule has 8 heteroatoms.